The van der Waals surface area contributed by atoms with E-state index in [4.69, 9.17) is 9.05 Å². The van der Waals surface area contributed by atoms with Gasteiger partial charge in [0, 0.05) is 24.0 Å². The van der Waals surface area contributed by atoms with E-state index in [9.17, 15) is 72.3 Å². The molecule has 3 fully saturated rings. The minimum Gasteiger partial charge on any atom is -0.387 e. The largest absolute Gasteiger partial charge is 0.472 e. The van der Waals surface area contributed by atoms with Crippen molar-refractivity contribution in [2.24, 2.45) is 0 Å². The summed E-state index contributed by atoms with van der Waals surface area (Å²) in [5, 5.41) is 30.2. The molecule has 3 unspecified atom stereocenters. The summed E-state index contributed by atoms with van der Waals surface area (Å²) in [5.74, 6) is 0.763. The number of amides is 3. The van der Waals surface area contributed by atoms with Gasteiger partial charge in [0.1, 0.15) is 36.6 Å². The van der Waals surface area contributed by atoms with Crippen LogP contribution in [0, 0.1) is 0 Å². The molecule has 0 spiro atoms. The SMILES string of the molecule is O=C(CCCC[C@@H]1SC[C@@H]2NC(=O)N[C@@H]21)NCCCCCCOP(=O)(O)OC1[C@H](O)[C@H](OP(=O)(O)O)C(OP(=O)(O)O)[C@H](OP(=O)(O)O)[C@H]1O. The maximum absolute atomic E-state index is 12.6. The van der Waals surface area contributed by atoms with Gasteiger partial charge in [0.05, 0.1) is 18.7 Å². The number of urea groups is 1. The van der Waals surface area contributed by atoms with Crippen LogP contribution >= 0.6 is 43.1 Å². The number of hydrogen-bond donors (Lipinski definition) is 12. The summed E-state index contributed by atoms with van der Waals surface area (Å²) in [6.45, 7) is -0.0322. The molecule has 292 valence electrons. The summed E-state index contributed by atoms with van der Waals surface area (Å²) in [4.78, 5) is 89.1. The standard InChI is InChI=1S/C22H43N3O20P4S/c26-14(8-4-3-7-13-15-12(11-50-13)24-22(29)25-15)23-9-5-1-2-6-10-41-49(39,40)45-18-16(27)19(42-46(30,31)32)21(44-48(36,37)38)20(17(18)28)43-47(33,34)35/h12-13,15-21,27-28H,1-11H2,(H,23,26)(H,39,40)(H2,24,25,29)(H2,30,31,32)(H2,33,34,35)(H2,36,37,38)/t12-,13-,15-,16-,17-,18?,19-,20+,21?/m0/s1. The van der Waals surface area contributed by atoms with Gasteiger partial charge in [0.25, 0.3) is 0 Å². The van der Waals surface area contributed by atoms with Gasteiger partial charge in [-0.05, 0) is 25.7 Å². The number of carbonyl (C=O) groups excluding carboxylic acids is 2. The number of unbranched alkanes of at least 4 members (excludes halogenated alkanes) is 4. The van der Waals surface area contributed by atoms with E-state index >= 15 is 0 Å². The highest BCUT2D eigenvalue weighted by molar-refractivity contribution is 8.00. The normalized spacial score (nSPS) is 31.5. The number of thioether (sulfide) groups is 1. The Morgan fingerprint density at radius 1 is 0.740 bits per heavy atom. The van der Waals surface area contributed by atoms with E-state index in [1.54, 1.807) is 0 Å². The van der Waals surface area contributed by atoms with E-state index in [1.165, 1.54) is 0 Å². The van der Waals surface area contributed by atoms with Crippen molar-refractivity contribution < 1.29 is 94.9 Å². The second-order valence-electron chi connectivity index (χ2n) is 11.7. The van der Waals surface area contributed by atoms with Crippen LogP contribution in [0.15, 0.2) is 0 Å². The Morgan fingerprint density at radius 2 is 1.30 bits per heavy atom. The van der Waals surface area contributed by atoms with E-state index < -0.39 is 74.5 Å². The number of phosphoric acid groups is 4. The number of phosphoric ester groups is 4. The fraction of sp³-hybridized carbons (Fsp3) is 0.909. The molecule has 3 aliphatic rings. The lowest BCUT2D eigenvalue weighted by Gasteiger charge is -2.45. The average Bonchev–Trinajstić information content (AvgIpc) is 3.52. The van der Waals surface area contributed by atoms with E-state index in [-0.39, 0.29) is 30.4 Å². The molecule has 10 atom stereocenters. The van der Waals surface area contributed by atoms with Crippen molar-refractivity contribution >= 4 is 55.0 Å². The van der Waals surface area contributed by atoms with Gasteiger partial charge < -0.3 is 60.4 Å². The van der Waals surface area contributed by atoms with Crippen LogP contribution in [0.3, 0.4) is 0 Å². The molecule has 3 rings (SSSR count). The Bertz CT molecular complexity index is 1310. The first-order valence-electron chi connectivity index (χ1n) is 15.2. The summed E-state index contributed by atoms with van der Waals surface area (Å²) in [7, 11) is -22.3. The average molecular weight is 826 g/mol. The second kappa shape index (κ2) is 18.7. The van der Waals surface area contributed by atoms with E-state index in [1.807, 2.05) is 11.8 Å². The molecular weight excluding hydrogens is 782 g/mol. The first kappa shape index (κ1) is 43.9. The molecule has 0 aromatic rings. The quantitative estimate of drug-likeness (QED) is 0.0377. The Labute approximate surface area is 289 Å². The Hall–Kier alpha value is -0.550. The lowest BCUT2D eigenvalue weighted by molar-refractivity contribution is -0.209. The Kier molecular flexibility index (Phi) is 16.4. The first-order valence-corrected chi connectivity index (χ1v) is 22.4. The minimum absolute atomic E-state index is 0.104. The number of carbonyl (C=O) groups is 2. The third-order valence-electron chi connectivity index (χ3n) is 7.75. The van der Waals surface area contributed by atoms with Crippen molar-refractivity contribution in [1.29, 1.82) is 0 Å². The van der Waals surface area contributed by atoms with Crippen LogP contribution in [-0.4, -0.2) is 129 Å². The van der Waals surface area contributed by atoms with Crippen molar-refractivity contribution in [3.8, 4) is 0 Å². The second-order valence-corrected chi connectivity index (χ2v) is 17.9. The van der Waals surface area contributed by atoms with Gasteiger partial charge in [-0.25, -0.2) is 23.1 Å². The first-order chi connectivity index (χ1) is 23.1. The van der Waals surface area contributed by atoms with Gasteiger partial charge in [-0.15, -0.1) is 0 Å². The molecular formula is C22H43N3O20P4S. The molecule has 2 aliphatic heterocycles. The minimum atomic E-state index is -5.69. The summed E-state index contributed by atoms with van der Waals surface area (Å²) in [6.07, 6.45) is -11.2. The topological polar surface area (TPSA) is 367 Å². The molecule has 28 heteroatoms. The number of hydrogen-bond acceptors (Lipinski definition) is 14. The third-order valence-corrected chi connectivity index (χ3v) is 11.8. The monoisotopic (exact) mass is 825 g/mol. The maximum Gasteiger partial charge on any atom is 0.472 e. The number of nitrogens with one attached hydrogen (secondary N) is 3. The van der Waals surface area contributed by atoms with Crippen molar-refractivity contribution in [2.45, 2.75) is 105 Å². The molecule has 0 aromatic heterocycles. The van der Waals surface area contributed by atoms with Gasteiger partial charge in [0.15, 0.2) is 0 Å². The van der Waals surface area contributed by atoms with Crippen LogP contribution in [0.4, 0.5) is 4.79 Å². The Morgan fingerprint density at radius 3 is 1.88 bits per heavy atom. The fourth-order valence-electron chi connectivity index (χ4n) is 5.65. The number of aliphatic hydroxyl groups is 2. The molecule has 23 nitrogen and oxygen atoms in total. The molecule has 2 saturated heterocycles. The molecule has 12 N–H and O–H groups in total. The third kappa shape index (κ3) is 14.7. The lowest BCUT2D eigenvalue weighted by Crippen LogP contribution is -2.65. The lowest BCUT2D eigenvalue weighted by atomic mass is 9.85. The number of fused-ring (bicyclic) bond motifs is 1. The summed E-state index contributed by atoms with van der Waals surface area (Å²) in [6, 6.07) is 0.123. The smallest absolute Gasteiger partial charge is 0.387 e. The van der Waals surface area contributed by atoms with E-state index in [2.05, 4.69) is 29.5 Å². The van der Waals surface area contributed by atoms with E-state index in [0.29, 0.717) is 43.9 Å². The van der Waals surface area contributed by atoms with Crippen LogP contribution in [0.5, 0.6) is 0 Å². The van der Waals surface area contributed by atoms with Crippen LogP contribution < -0.4 is 16.0 Å². The van der Waals surface area contributed by atoms with Crippen molar-refractivity contribution in [3.63, 3.8) is 0 Å². The highest BCUT2D eigenvalue weighted by Gasteiger charge is 2.59. The van der Waals surface area contributed by atoms with Crippen molar-refractivity contribution in [1.82, 2.24) is 16.0 Å². The van der Waals surface area contributed by atoms with Crippen LogP contribution in [-0.2, 0) is 45.7 Å². The predicted molar refractivity (Wildman–Crippen MR) is 169 cm³/mol. The summed E-state index contributed by atoms with van der Waals surface area (Å²) >= 11 is 1.81. The molecule has 0 radical (unpaired) electrons. The maximum atomic E-state index is 12.6. The Balaban J connectivity index is 1.39. The van der Waals surface area contributed by atoms with Crippen LogP contribution in [0.1, 0.15) is 51.4 Å². The van der Waals surface area contributed by atoms with Crippen molar-refractivity contribution in [3.05, 3.63) is 0 Å². The van der Waals surface area contributed by atoms with Gasteiger partial charge in [-0.1, -0.05) is 19.3 Å². The molecule has 0 bridgehead atoms. The summed E-state index contributed by atoms with van der Waals surface area (Å²) in [5.41, 5.74) is 0. The van der Waals surface area contributed by atoms with Gasteiger partial charge in [-0.3, -0.25) is 27.4 Å². The number of rotatable bonds is 21. The zero-order valence-electron chi connectivity index (χ0n) is 26.2. The zero-order valence-corrected chi connectivity index (χ0v) is 30.6. The highest BCUT2D eigenvalue weighted by Crippen LogP contribution is 2.53. The van der Waals surface area contributed by atoms with Crippen LogP contribution in [0.2, 0.25) is 0 Å². The molecule has 1 saturated carbocycles. The van der Waals surface area contributed by atoms with Crippen LogP contribution in [0.25, 0.3) is 0 Å². The predicted octanol–water partition coefficient (Wildman–Crippen LogP) is -0.940. The van der Waals surface area contributed by atoms with Gasteiger partial charge in [-0.2, -0.15) is 11.8 Å². The zero-order chi connectivity index (χ0) is 37.5. The van der Waals surface area contributed by atoms with E-state index in [0.717, 1.165) is 18.6 Å². The molecule has 2 heterocycles. The molecule has 0 aromatic carbocycles. The van der Waals surface area contributed by atoms with Crippen molar-refractivity contribution in [2.75, 3.05) is 18.9 Å². The van der Waals surface area contributed by atoms with Gasteiger partial charge in [0.2, 0.25) is 5.91 Å². The molecule has 50 heavy (non-hydrogen) atoms. The molecule has 3 amide bonds. The highest BCUT2D eigenvalue weighted by atomic mass is 32.2. The number of aliphatic hydroxyl groups excluding tert-OH is 2. The molecule has 1 aliphatic carbocycles. The fourth-order valence-corrected chi connectivity index (χ4v) is 9.85. The summed E-state index contributed by atoms with van der Waals surface area (Å²) < 4.78 is 69.4. The van der Waals surface area contributed by atoms with Gasteiger partial charge >= 0.3 is 37.3 Å².